The summed E-state index contributed by atoms with van der Waals surface area (Å²) in [5.41, 5.74) is 1.12. The zero-order chi connectivity index (χ0) is 12.0. The lowest BCUT2D eigenvalue weighted by molar-refractivity contribution is 0.275. The maximum absolute atomic E-state index is 8.88. The summed E-state index contributed by atoms with van der Waals surface area (Å²) in [5, 5.41) is 0. The monoisotopic (exact) mass is 242 g/mol. The molecule has 4 N–H and O–H groups in total. The third-order valence-electron chi connectivity index (χ3n) is 1.55. The van der Waals surface area contributed by atoms with Gasteiger partial charge in [0.15, 0.2) is 0 Å². The van der Waals surface area contributed by atoms with Gasteiger partial charge in [-0.25, -0.2) is 9.55 Å². The van der Waals surface area contributed by atoms with E-state index in [1.807, 2.05) is 36.5 Å². The van der Waals surface area contributed by atoms with Crippen LogP contribution in [-0.4, -0.2) is 24.6 Å². The Bertz CT molecular complexity index is 443. The molecule has 0 aliphatic carbocycles. The van der Waals surface area contributed by atoms with Crippen molar-refractivity contribution in [3.05, 3.63) is 42.7 Å². The molecule has 0 saturated heterocycles. The number of H-pyrrole nitrogens is 1. The van der Waals surface area contributed by atoms with E-state index in [0.717, 1.165) is 11.4 Å². The van der Waals surface area contributed by atoms with Crippen molar-refractivity contribution in [2.24, 2.45) is 0 Å². The molecule has 0 aliphatic rings. The Balaban J connectivity index is 0.000000221. The number of imidazole rings is 1. The molecular formula is C9H11N2O4P. The molecule has 0 saturated carbocycles. The maximum atomic E-state index is 8.88. The van der Waals surface area contributed by atoms with E-state index < -0.39 is 7.82 Å². The SMILES string of the molecule is O=P(O)(O)O.c1ccc(-c2ncc[nH]2)cc1. The van der Waals surface area contributed by atoms with Crippen LogP contribution in [0, 0.1) is 0 Å². The second kappa shape index (κ2) is 5.58. The molecule has 0 unspecified atom stereocenters. The van der Waals surface area contributed by atoms with Crippen LogP contribution in [0.25, 0.3) is 11.4 Å². The van der Waals surface area contributed by atoms with Crippen LogP contribution >= 0.6 is 7.82 Å². The molecule has 0 bridgehead atoms. The van der Waals surface area contributed by atoms with Gasteiger partial charge in [0.05, 0.1) is 0 Å². The molecule has 0 fully saturated rings. The van der Waals surface area contributed by atoms with Crippen LogP contribution in [0.4, 0.5) is 0 Å². The average Bonchev–Trinajstić information content (AvgIpc) is 2.69. The Morgan fingerprint density at radius 1 is 1.12 bits per heavy atom. The Morgan fingerprint density at radius 2 is 1.69 bits per heavy atom. The minimum absolute atomic E-state index is 0.922. The van der Waals surface area contributed by atoms with Gasteiger partial charge in [-0.15, -0.1) is 0 Å². The molecule has 2 aromatic rings. The van der Waals surface area contributed by atoms with Crippen LogP contribution in [0.3, 0.4) is 0 Å². The van der Waals surface area contributed by atoms with Gasteiger partial charge < -0.3 is 19.7 Å². The van der Waals surface area contributed by atoms with E-state index in [-0.39, 0.29) is 0 Å². The summed E-state index contributed by atoms with van der Waals surface area (Å²) in [7, 11) is -4.64. The maximum Gasteiger partial charge on any atom is 0.466 e. The molecule has 0 amide bonds. The van der Waals surface area contributed by atoms with Gasteiger partial charge in [0, 0.05) is 18.0 Å². The number of hydrogen-bond acceptors (Lipinski definition) is 2. The molecule has 7 heteroatoms. The first kappa shape index (κ1) is 12.6. The van der Waals surface area contributed by atoms with Gasteiger partial charge >= 0.3 is 7.82 Å². The molecule has 6 nitrogen and oxygen atoms in total. The quantitative estimate of drug-likeness (QED) is 0.561. The molecule has 0 aliphatic heterocycles. The third-order valence-corrected chi connectivity index (χ3v) is 1.55. The molecule has 1 aromatic heterocycles. The van der Waals surface area contributed by atoms with Crippen LogP contribution in [0.5, 0.6) is 0 Å². The van der Waals surface area contributed by atoms with Gasteiger partial charge in [-0.05, 0) is 0 Å². The topological polar surface area (TPSA) is 106 Å². The number of nitrogens with one attached hydrogen (secondary N) is 1. The highest BCUT2D eigenvalue weighted by Crippen LogP contribution is 2.25. The second-order valence-electron chi connectivity index (χ2n) is 2.82. The summed E-state index contributed by atoms with van der Waals surface area (Å²) < 4.78 is 8.88. The number of benzene rings is 1. The molecule has 0 spiro atoms. The number of nitrogens with zero attached hydrogens (tertiary/aromatic N) is 1. The molecule has 0 radical (unpaired) electrons. The van der Waals surface area contributed by atoms with Gasteiger partial charge in [-0.3, -0.25) is 0 Å². The van der Waals surface area contributed by atoms with Crippen molar-refractivity contribution >= 4 is 7.82 Å². The zero-order valence-corrected chi connectivity index (χ0v) is 9.08. The normalized spacial score (nSPS) is 10.4. The molecule has 2 rings (SSSR count). The van der Waals surface area contributed by atoms with Gasteiger partial charge in [-0.1, -0.05) is 30.3 Å². The van der Waals surface area contributed by atoms with E-state index in [4.69, 9.17) is 19.2 Å². The largest absolute Gasteiger partial charge is 0.466 e. The van der Waals surface area contributed by atoms with E-state index in [2.05, 4.69) is 9.97 Å². The van der Waals surface area contributed by atoms with Crippen molar-refractivity contribution in [1.29, 1.82) is 0 Å². The zero-order valence-electron chi connectivity index (χ0n) is 8.19. The summed E-state index contributed by atoms with van der Waals surface area (Å²) in [6.45, 7) is 0. The fourth-order valence-electron chi connectivity index (χ4n) is 1.02. The first-order chi connectivity index (χ1) is 7.47. The Hall–Kier alpha value is -1.46. The van der Waals surface area contributed by atoms with E-state index in [9.17, 15) is 0 Å². The Labute approximate surface area is 91.9 Å². The van der Waals surface area contributed by atoms with Gasteiger partial charge in [0.2, 0.25) is 0 Å². The highest BCUT2D eigenvalue weighted by atomic mass is 31.2. The summed E-state index contributed by atoms with van der Waals surface area (Å²) in [6, 6.07) is 10.0. The standard InChI is InChI=1S/C9H8N2.H3O4P/c1-2-4-8(5-3-1)9-10-6-7-11-9;1-5(2,3)4/h1-7H,(H,10,11);(H3,1,2,3,4). The predicted octanol–water partition coefficient (Wildman–Crippen LogP) is 1.15. The third kappa shape index (κ3) is 5.43. The van der Waals surface area contributed by atoms with Crippen LogP contribution in [0.15, 0.2) is 42.7 Å². The summed E-state index contributed by atoms with van der Waals surface area (Å²) in [4.78, 5) is 28.7. The van der Waals surface area contributed by atoms with Crippen LogP contribution in [0.1, 0.15) is 0 Å². The van der Waals surface area contributed by atoms with E-state index in [0.29, 0.717) is 0 Å². The number of aromatic nitrogens is 2. The van der Waals surface area contributed by atoms with Crippen LogP contribution < -0.4 is 0 Å². The Kier molecular flexibility index (Phi) is 4.39. The van der Waals surface area contributed by atoms with Crippen molar-refractivity contribution in [3.63, 3.8) is 0 Å². The molecule has 1 heterocycles. The van der Waals surface area contributed by atoms with Crippen molar-refractivity contribution in [2.45, 2.75) is 0 Å². The van der Waals surface area contributed by atoms with Crippen molar-refractivity contribution in [2.75, 3.05) is 0 Å². The molecule has 1 aromatic carbocycles. The number of phosphoric acid groups is 1. The lowest BCUT2D eigenvalue weighted by atomic mass is 10.2. The molecule has 86 valence electrons. The minimum Gasteiger partial charge on any atom is -0.345 e. The van der Waals surface area contributed by atoms with Crippen molar-refractivity contribution in [1.82, 2.24) is 9.97 Å². The van der Waals surface area contributed by atoms with Gasteiger partial charge in [-0.2, -0.15) is 0 Å². The lowest BCUT2D eigenvalue weighted by Gasteiger charge is -1.92. The first-order valence-corrected chi connectivity index (χ1v) is 5.86. The van der Waals surface area contributed by atoms with Gasteiger partial charge in [0.1, 0.15) is 5.82 Å². The first-order valence-electron chi connectivity index (χ1n) is 4.30. The summed E-state index contributed by atoms with van der Waals surface area (Å²) in [5.74, 6) is 0.922. The fourth-order valence-corrected chi connectivity index (χ4v) is 1.02. The van der Waals surface area contributed by atoms with E-state index in [1.165, 1.54) is 0 Å². The number of hydrogen-bond donors (Lipinski definition) is 4. The van der Waals surface area contributed by atoms with Crippen LogP contribution in [-0.2, 0) is 4.57 Å². The highest BCUT2D eigenvalue weighted by molar-refractivity contribution is 7.45. The summed E-state index contributed by atoms with van der Waals surface area (Å²) >= 11 is 0. The number of rotatable bonds is 1. The van der Waals surface area contributed by atoms with Crippen molar-refractivity contribution < 1.29 is 19.2 Å². The smallest absolute Gasteiger partial charge is 0.345 e. The molecule has 0 atom stereocenters. The van der Waals surface area contributed by atoms with Crippen molar-refractivity contribution in [3.8, 4) is 11.4 Å². The van der Waals surface area contributed by atoms with E-state index in [1.54, 1.807) is 6.20 Å². The highest BCUT2D eigenvalue weighted by Gasteiger charge is 2.00. The van der Waals surface area contributed by atoms with Gasteiger partial charge in [0.25, 0.3) is 0 Å². The second-order valence-corrected chi connectivity index (χ2v) is 3.84. The minimum atomic E-state index is -4.64. The van der Waals surface area contributed by atoms with Crippen LogP contribution in [0.2, 0.25) is 0 Å². The Morgan fingerprint density at radius 3 is 2.12 bits per heavy atom. The fraction of sp³-hybridized carbons (Fsp3) is 0. The van der Waals surface area contributed by atoms with E-state index >= 15 is 0 Å². The molecular weight excluding hydrogens is 231 g/mol. The summed E-state index contributed by atoms with van der Waals surface area (Å²) in [6.07, 6.45) is 3.57. The number of aromatic amines is 1. The lowest BCUT2D eigenvalue weighted by Crippen LogP contribution is -1.77. The average molecular weight is 242 g/mol. The molecule has 16 heavy (non-hydrogen) atoms. The predicted molar refractivity (Wildman–Crippen MR) is 58.3 cm³/mol.